The van der Waals surface area contributed by atoms with Gasteiger partial charge in [0.1, 0.15) is 17.3 Å². The van der Waals surface area contributed by atoms with Crippen LogP contribution >= 0.6 is 0 Å². The van der Waals surface area contributed by atoms with Gasteiger partial charge in [-0.25, -0.2) is 4.79 Å². The number of carbonyl (C=O) groups is 1. The average molecular weight is 553 g/mol. The summed E-state index contributed by atoms with van der Waals surface area (Å²) in [6.45, 7) is 8.02. The number of benzene rings is 3. The van der Waals surface area contributed by atoms with Gasteiger partial charge in [-0.2, -0.15) is 8.42 Å². The van der Waals surface area contributed by atoms with Gasteiger partial charge < -0.3 is 18.4 Å². The molecule has 0 aliphatic heterocycles. The van der Waals surface area contributed by atoms with Crippen molar-refractivity contribution < 1.29 is 31.6 Å². The number of hydrogen-bond donors (Lipinski definition) is 0. The van der Waals surface area contributed by atoms with Gasteiger partial charge in [0.05, 0.1) is 13.7 Å². The normalized spacial score (nSPS) is 12.2. The lowest BCUT2D eigenvalue weighted by atomic mass is 9.93. The van der Waals surface area contributed by atoms with Crippen LogP contribution in [0.1, 0.15) is 54.9 Å². The van der Waals surface area contributed by atoms with Gasteiger partial charge in [0.2, 0.25) is 0 Å². The third kappa shape index (κ3) is 8.10. The first-order chi connectivity index (χ1) is 18.7. The van der Waals surface area contributed by atoms with Crippen molar-refractivity contribution in [2.75, 3.05) is 13.7 Å². The number of methoxy groups -OCH3 is 1. The second kappa shape index (κ2) is 13.8. The van der Waals surface area contributed by atoms with E-state index in [1.54, 1.807) is 38.1 Å². The number of rotatable bonds is 13. The summed E-state index contributed by atoms with van der Waals surface area (Å²) in [6, 6.07) is 17.9. The van der Waals surface area contributed by atoms with E-state index in [0.717, 1.165) is 16.7 Å². The predicted molar refractivity (Wildman–Crippen MR) is 151 cm³/mol. The predicted octanol–water partition coefficient (Wildman–Crippen LogP) is 6.66. The minimum atomic E-state index is -4.08. The first-order valence-corrected chi connectivity index (χ1v) is 14.3. The van der Waals surface area contributed by atoms with Crippen LogP contribution in [-0.2, 0) is 26.3 Å². The number of hydrogen-bond acceptors (Lipinski definition) is 7. The van der Waals surface area contributed by atoms with Crippen LogP contribution < -0.4 is 13.7 Å². The van der Waals surface area contributed by atoms with Crippen LogP contribution in [0, 0.1) is 13.8 Å². The Morgan fingerprint density at radius 3 is 2.33 bits per heavy atom. The van der Waals surface area contributed by atoms with E-state index in [0.29, 0.717) is 43.1 Å². The molecule has 3 aromatic carbocycles. The summed E-state index contributed by atoms with van der Waals surface area (Å²) in [4.78, 5) is 11.7. The molecule has 0 aliphatic carbocycles. The van der Waals surface area contributed by atoms with Gasteiger partial charge in [-0.3, -0.25) is 0 Å². The van der Waals surface area contributed by atoms with Crippen LogP contribution in [0.15, 0.2) is 77.7 Å². The Hall–Kier alpha value is -3.78. The summed E-state index contributed by atoms with van der Waals surface area (Å²) in [6.07, 6.45) is 4.45. The van der Waals surface area contributed by atoms with E-state index in [1.807, 2.05) is 44.2 Å². The molecule has 0 radical (unpaired) electrons. The third-order valence-electron chi connectivity index (χ3n) is 6.24. The second-order valence-corrected chi connectivity index (χ2v) is 10.8. The number of ether oxygens (including phenoxy) is 3. The molecule has 208 valence electrons. The summed E-state index contributed by atoms with van der Waals surface area (Å²) in [5.74, 6) is 0.642. The zero-order valence-corrected chi connectivity index (χ0v) is 23.9. The van der Waals surface area contributed by atoms with Crippen molar-refractivity contribution in [1.82, 2.24) is 0 Å². The summed E-state index contributed by atoms with van der Waals surface area (Å²) < 4.78 is 48.9. The molecule has 0 aromatic heterocycles. The quantitative estimate of drug-likeness (QED) is 0.133. The molecule has 0 fully saturated rings. The average Bonchev–Trinajstić information content (AvgIpc) is 2.92. The number of aryl methyl sites for hydroxylation is 1. The third-order valence-corrected chi connectivity index (χ3v) is 7.49. The minimum absolute atomic E-state index is 0.0644. The molecule has 0 N–H and O–H groups in total. The first kappa shape index (κ1) is 29.8. The molecule has 7 nitrogen and oxygen atoms in total. The topological polar surface area (TPSA) is 88.1 Å². The van der Waals surface area contributed by atoms with E-state index in [1.165, 1.54) is 25.3 Å². The van der Waals surface area contributed by atoms with Gasteiger partial charge in [0.15, 0.2) is 11.5 Å². The van der Waals surface area contributed by atoms with Crippen LogP contribution in [-0.4, -0.2) is 28.1 Å². The summed E-state index contributed by atoms with van der Waals surface area (Å²) >= 11 is 0. The molecule has 0 bridgehead atoms. The number of esters is 1. The Kier molecular flexibility index (Phi) is 10.6. The van der Waals surface area contributed by atoms with Gasteiger partial charge in [-0.05, 0) is 63.3 Å². The fourth-order valence-electron chi connectivity index (χ4n) is 4.05. The van der Waals surface area contributed by atoms with Crippen LogP contribution in [0.25, 0.3) is 0 Å². The lowest BCUT2D eigenvalue weighted by Crippen LogP contribution is -2.12. The zero-order chi connectivity index (χ0) is 28.4. The molecule has 0 saturated carbocycles. The van der Waals surface area contributed by atoms with Gasteiger partial charge in [0.25, 0.3) is 0 Å². The molecule has 3 rings (SSSR count). The maximum atomic E-state index is 13.1. The minimum Gasteiger partial charge on any atom is -0.492 e. The molecular weight excluding hydrogens is 516 g/mol. The summed E-state index contributed by atoms with van der Waals surface area (Å²) in [5, 5.41) is 0. The maximum absolute atomic E-state index is 13.1. The molecular formula is C31H36O7S. The smallest absolute Gasteiger partial charge is 0.339 e. The van der Waals surface area contributed by atoms with Gasteiger partial charge in [-0.15, -0.1) is 0 Å². The van der Waals surface area contributed by atoms with E-state index < -0.39 is 10.1 Å². The Balaban J connectivity index is 1.98. The fraction of sp³-hybridized carbons (Fsp3) is 0.323. The molecule has 0 amide bonds. The van der Waals surface area contributed by atoms with Crippen molar-refractivity contribution in [3.63, 3.8) is 0 Å². The van der Waals surface area contributed by atoms with E-state index in [2.05, 4.69) is 0 Å². The second-order valence-electron chi connectivity index (χ2n) is 9.21. The van der Waals surface area contributed by atoms with Crippen molar-refractivity contribution in [3.05, 3.63) is 95.1 Å². The van der Waals surface area contributed by atoms with E-state index in [9.17, 15) is 13.2 Å². The molecule has 0 heterocycles. The van der Waals surface area contributed by atoms with Crippen molar-refractivity contribution in [2.24, 2.45) is 0 Å². The largest absolute Gasteiger partial charge is 0.492 e. The zero-order valence-electron chi connectivity index (χ0n) is 23.1. The molecule has 1 unspecified atom stereocenters. The van der Waals surface area contributed by atoms with E-state index >= 15 is 0 Å². The lowest BCUT2D eigenvalue weighted by Gasteiger charge is -2.23. The Morgan fingerprint density at radius 2 is 1.69 bits per heavy atom. The standard InChI is InChI=1S/C31H36O7S/c1-6-36-29(32)15-11-10-12-23(3)27-20-28(38-39(33,34)26-18-16-22(2)17-19-26)24(4)30(35-5)31(27)37-21-25-13-8-7-9-14-25/h7-9,11,13-20,23H,6,10,12,21H2,1-5H3/b15-11-. The van der Waals surface area contributed by atoms with Gasteiger partial charge >= 0.3 is 16.1 Å². The van der Waals surface area contributed by atoms with Crippen LogP contribution in [0.3, 0.4) is 0 Å². The first-order valence-electron chi connectivity index (χ1n) is 12.9. The highest BCUT2D eigenvalue weighted by atomic mass is 32.2. The van der Waals surface area contributed by atoms with Crippen LogP contribution in [0.4, 0.5) is 0 Å². The van der Waals surface area contributed by atoms with Crippen LogP contribution in [0.5, 0.6) is 17.2 Å². The summed E-state index contributed by atoms with van der Waals surface area (Å²) in [5.41, 5.74) is 3.18. The molecule has 0 aliphatic rings. The van der Waals surface area contributed by atoms with Crippen molar-refractivity contribution in [1.29, 1.82) is 0 Å². The molecule has 8 heteroatoms. The summed E-state index contributed by atoms with van der Waals surface area (Å²) in [7, 11) is -2.56. The molecule has 1 atom stereocenters. The fourth-order valence-corrected chi connectivity index (χ4v) is 5.02. The van der Waals surface area contributed by atoms with Crippen molar-refractivity contribution in [3.8, 4) is 17.2 Å². The van der Waals surface area contributed by atoms with Gasteiger partial charge in [-0.1, -0.05) is 61.0 Å². The maximum Gasteiger partial charge on any atom is 0.339 e. The van der Waals surface area contributed by atoms with Crippen molar-refractivity contribution in [2.45, 2.75) is 58.0 Å². The highest BCUT2D eigenvalue weighted by molar-refractivity contribution is 7.87. The highest BCUT2D eigenvalue weighted by Gasteiger charge is 2.26. The lowest BCUT2D eigenvalue weighted by molar-refractivity contribution is -0.137. The van der Waals surface area contributed by atoms with Gasteiger partial charge in [0, 0.05) is 17.2 Å². The molecule has 0 saturated heterocycles. The van der Waals surface area contributed by atoms with Crippen molar-refractivity contribution >= 4 is 16.1 Å². The van der Waals surface area contributed by atoms with E-state index in [-0.39, 0.29) is 22.5 Å². The molecule has 39 heavy (non-hydrogen) atoms. The van der Waals surface area contributed by atoms with Crippen LogP contribution in [0.2, 0.25) is 0 Å². The Bertz CT molecular complexity index is 1380. The SMILES string of the molecule is CCOC(=O)/C=C\CCC(C)c1cc(OS(=O)(=O)c2ccc(C)cc2)c(C)c(OC)c1OCc1ccccc1. The van der Waals surface area contributed by atoms with E-state index in [4.69, 9.17) is 18.4 Å². The highest BCUT2D eigenvalue weighted by Crippen LogP contribution is 2.45. The monoisotopic (exact) mass is 552 g/mol. The molecule has 0 spiro atoms. The Morgan fingerprint density at radius 1 is 1.00 bits per heavy atom. The number of allylic oxidation sites excluding steroid dienone is 1. The Labute approximate surface area is 231 Å². The number of carbonyl (C=O) groups excluding carboxylic acids is 1. The molecule has 3 aromatic rings.